The molecule has 3 aliphatic heterocycles. The number of hydrogen-bond donors (Lipinski definition) is 0. The largest absolute Gasteiger partial charge is 0.464 e. The van der Waals surface area contributed by atoms with Gasteiger partial charge in [0.1, 0.15) is 24.7 Å². The van der Waals surface area contributed by atoms with Gasteiger partial charge in [-0.15, -0.1) is 0 Å². The Morgan fingerprint density at radius 1 is 1.00 bits per heavy atom. The maximum absolute atomic E-state index is 5.82. The second-order valence-electron chi connectivity index (χ2n) is 4.51. The summed E-state index contributed by atoms with van der Waals surface area (Å²) in [5.41, 5.74) is -0.696. The van der Waals surface area contributed by atoms with Crippen LogP contribution >= 0.6 is 0 Å². The Bertz CT molecular complexity index is 317. The zero-order chi connectivity index (χ0) is 11.9. The van der Waals surface area contributed by atoms with E-state index >= 15 is 0 Å². The molecule has 2 unspecified atom stereocenters. The van der Waals surface area contributed by atoms with Crippen LogP contribution in [0.1, 0.15) is 12.8 Å². The Balaban J connectivity index is 1.82. The molecule has 3 saturated heterocycles. The summed E-state index contributed by atoms with van der Waals surface area (Å²) in [5, 5.41) is 0. The summed E-state index contributed by atoms with van der Waals surface area (Å²) in [6.07, 6.45) is 0.704. The van der Waals surface area contributed by atoms with Gasteiger partial charge in [-0.3, -0.25) is 0 Å². The van der Waals surface area contributed by atoms with Gasteiger partial charge in [0.2, 0.25) is 12.6 Å². The molecule has 0 saturated carbocycles. The van der Waals surface area contributed by atoms with Crippen molar-refractivity contribution in [2.24, 2.45) is 0 Å². The Morgan fingerprint density at radius 2 is 1.59 bits per heavy atom. The minimum absolute atomic E-state index is 0.392. The van der Waals surface area contributed by atoms with Crippen LogP contribution in [-0.4, -0.2) is 38.0 Å². The van der Waals surface area contributed by atoms with Crippen molar-refractivity contribution in [1.82, 2.24) is 0 Å². The lowest BCUT2D eigenvalue weighted by molar-refractivity contribution is -0.265. The van der Waals surface area contributed by atoms with E-state index in [1.807, 2.05) is 0 Å². The molecule has 0 amide bonds. The Labute approximate surface area is 99.9 Å². The first-order valence-corrected chi connectivity index (χ1v) is 5.77. The third-order valence-electron chi connectivity index (χ3n) is 3.22. The van der Waals surface area contributed by atoms with E-state index in [4.69, 9.17) is 23.7 Å². The standard InChI is InChI=1S/C12H16O5/c1-8-6-13-10(16-8)12(4-3-5-15-12)11-14-7-9(2)17-11/h10-11H,1-7H2. The quantitative estimate of drug-likeness (QED) is 0.728. The molecular formula is C12H16O5. The lowest BCUT2D eigenvalue weighted by atomic mass is 9.98. The minimum atomic E-state index is -0.696. The second-order valence-corrected chi connectivity index (χ2v) is 4.51. The maximum atomic E-state index is 5.82. The van der Waals surface area contributed by atoms with Gasteiger partial charge < -0.3 is 23.7 Å². The fraction of sp³-hybridized carbons (Fsp3) is 0.667. The van der Waals surface area contributed by atoms with Crippen LogP contribution in [0.4, 0.5) is 0 Å². The van der Waals surface area contributed by atoms with Crippen LogP contribution in [0.5, 0.6) is 0 Å². The van der Waals surface area contributed by atoms with Crippen molar-refractivity contribution in [2.45, 2.75) is 31.0 Å². The number of ether oxygens (including phenoxy) is 5. The molecule has 5 nitrogen and oxygen atoms in total. The van der Waals surface area contributed by atoms with E-state index in [2.05, 4.69) is 13.2 Å². The predicted octanol–water partition coefficient (Wildman–Crippen LogP) is 1.31. The Kier molecular flexibility index (Phi) is 2.61. The lowest BCUT2D eigenvalue weighted by Crippen LogP contribution is -2.52. The highest BCUT2D eigenvalue weighted by atomic mass is 16.8. The summed E-state index contributed by atoms with van der Waals surface area (Å²) in [5.74, 6) is 1.23. The van der Waals surface area contributed by atoms with E-state index in [-0.39, 0.29) is 0 Å². The van der Waals surface area contributed by atoms with Crippen LogP contribution in [0.15, 0.2) is 24.7 Å². The van der Waals surface area contributed by atoms with E-state index in [1.54, 1.807) is 0 Å². The van der Waals surface area contributed by atoms with Crippen molar-refractivity contribution < 1.29 is 23.7 Å². The first-order valence-electron chi connectivity index (χ1n) is 5.77. The monoisotopic (exact) mass is 240 g/mol. The SMILES string of the molecule is C=C1COC(C2(C3OCC(=C)O3)CCCO2)O1. The topological polar surface area (TPSA) is 46.2 Å². The third-order valence-corrected chi connectivity index (χ3v) is 3.22. The van der Waals surface area contributed by atoms with Gasteiger partial charge in [-0.1, -0.05) is 13.2 Å². The molecule has 3 rings (SSSR count). The van der Waals surface area contributed by atoms with Gasteiger partial charge in [0.15, 0.2) is 5.60 Å². The first kappa shape index (κ1) is 11.1. The highest BCUT2D eigenvalue weighted by molar-refractivity contribution is 5.03. The predicted molar refractivity (Wildman–Crippen MR) is 57.8 cm³/mol. The Hall–Kier alpha value is -1.04. The molecular weight excluding hydrogens is 224 g/mol. The molecule has 0 N–H and O–H groups in total. The number of hydrogen-bond acceptors (Lipinski definition) is 5. The zero-order valence-corrected chi connectivity index (χ0v) is 9.65. The average molecular weight is 240 g/mol. The zero-order valence-electron chi connectivity index (χ0n) is 9.65. The molecule has 5 heteroatoms. The van der Waals surface area contributed by atoms with Crippen LogP contribution in [0.25, 0.3) is 0 Å². The molecule has 0 spiro atoms. The van der Waals surface area contributed by atoms with E-state index in [9.17, 15) is 0 Å². The van der Waals surface area contributed by atoms with Crippen LogP contribution in [0, 0.1) is 0 Å². The molecule has 0 aromatic rings. The van der Waals surface area contributed by atoms with Crippen molar-refractivity contribution in [1.29, 1.82) is 0 Å². The molecule has 2 atom stereocenters. The third kappa shape index (κ3) is 1.74. The summed E-state index contributed by atoms with van der Waals surface area (Å²) >= 11 is 0. The summed E-state index contributed by atoms with van der Waals surface area (Å²) in [4.78, 5) is 0. The molecule has 94 valence electrons. The minimum Gasteiger partial charge on any atom is -0.464 e. The summed E-state index contributed by atoms with van der Waals surface area (Å²) < 4.78 is 28.1. The average Bonchev–Trinajstić information content (AvgIpc) is 2.97. The molecule has 0 aliphatic carbocycles. The Morgan fingerprint density at radius 3 is 1.94 bits per heavy atom. The molecule has 17 heavy (non-hydrogen) atoms. The smallest absolute Gasteiger partial charge is 0.235 e. The fourth-order valence-electron chi connectivity index (χ4n) is 2.42. The normalized spacial score (nSPS) is 41.6. The molecule has 0 aromatic carbocycles. The van der Waals surface area contributed by atoms with Gasteiger partial charge in [0.25, 0.3) is 0 Å². The van der Waals surface area contributed by atoms with Gasteiger partial charge in [0, 0.05) is 6.61 Å². The molecule has 3 fully saturated rings. The van der Waals surface area contributed by atoms with Crippen LogP contribution in [0.3, 0.4) is 0 Å². The van der Waals surface area contributed by atoms with E-state index < -0.39 is 18.2 Å². The molecule has 3 heterocycles. The molecule has 0 bridgehead atoms. The van der Waals surface area contributed by atoms with Crippen LogP contribution in [-0.2, 0) is 23.7 Å². The van der Waals surface area contributed by atoms with Crippen molar-refractivity contribution in [3.05, 3.63) is 24.7 Å². The van der Waals surface area contributed by atoms with E-state index in [1.165, 1.54) is 0 Å². The first-order chi connectivity index (χ1) is 8.21. The molecule has 3 aliphatic rings. The van der Waals surface area contributed by atoms with Crippen molar-refractivity contribution in [3.8, 4) is 0 Å². The number of rotatable bonds is 2. The van der Waals surface area contributed by atoms with Crippen LogP contribution < -0.4 is 0 Å². The van der Waals surface area contributed by atoms with E-state index in [0.717, 1.165) is 12.8 Å². The van der Waals surface area contributed by atoms with Gasteiger partial charge in [-0.2, -0.15) is 0 Å². The maximum Gasteiger partial charge on any atom is 0.235 e. The van der Waals surface area contributed by atoms with Gasteiger partial charge in [0.05, 0.1) is 0 Å². The second kappa shape index (κ2) is 4.01. The summed E-state index contributed by atoms with van der Waals surface area (Å²) in [6, 6.07) is 0. The van der Waals surface area contributed by atoms with Crippen LogP contribution in [0.2, 0.25) is 0 Å². The van der Waals surface area contributed by atoms with Gasteiger partial charge in [-0.05, 0) is 12.8 Å². The summed E-state index contributed by atoms with van der Waals surface area (Å²) in [6.45, 7) is 8.94. The van der Waals surface area contributed by atoms with Crippen molar-refractivity contribution in [3.63, 3.8) is 0 Å². The summed E-state index contributed by atoms with van der Waals surface area (Å²) in [7, 11) is 0. The van der Waals surface area contributed by atoms with Gasteiger partial charge >= 0.3 is 0 Å². The van der Waals surface area contributed by atoms with Crippen molar-refractivity contribution in [2.75, 3.05) is 19.8 Å². The lowest BCUT2D eigenvalue weighted by Gasteiger charge is -2.35. The fourth-order valence-corrected chi connectivity index (χ4v) is 2.42. The molecule has 0 aromatic heterocycles. The van der Waals surface area contributed by atoms with E-state index in [0.29, 0.717) is 31.3 Å². The highest BCUT2D eigenvalue weighted by Crippen LogP contribution is 2.41. The molecule has 0 radical (unpaired) electrons. The van der Waals surface area contributed by atoms with Crippen molar-refractivity contribution >= 4 is 0 Å². The van der Waals surface area contributed by atoms with Gasteiger partial charge in [-0.25, -0.2) is 0 Å². The highest BCUT2D eigenvalue weighted by Gasteiger charge is 2.57.